The molecule has 0 saturated carbocycles. The van der Waals surface area contributed by atoms with Crippen LogP contribution in [0.3, 0.4) is 0 Å². The number of oxime groups is 1. The molecule has 0 unspecified atom stereocenters. The summed E-state index contributed by atoms with van der Waals surface area (Å²) in [4.78, 5) is 17.1. The van der Waals surface area contributed by atoms with Gasteiger partial charge in [-0.15, -0.1) is 0 Å². The molecule has 7 heteroatoms. The van der Waals surface area contributed by atoms with Crippen molar-refractivity contribution in [3.8, 4) is 17.2 Å². The molecule has 1 amide bonds. The zero-order chi connectivity index (χ0) is 18.8. The number of amides is 1. The fourth-order valence-corrected chi connectivity index (χ4v) is 2.24. The Balaban J connectivity index is 1.92. The minimum absolute atomic E-state index is 0.233. The number of nitrogens with one attached hydrogen (secondary N) is 1. The van der Waals surface area contributed by atoms with Crippen LogP contribution in [-0.4, -0.2) is 39.6 Å². The van der Waals surface area contributed by atoms with Crippen molar-refractivity contribution in [3.05, 3.63) is 48.0 Å². The lowest BCUT2D eigenvalue weighted by atomic mass is 10.2. The van der Waals surface area contributed by atoms with Gasteiger partial charge in [-0.25, -0.2) is 0 Å². The number of carbonyl (C=O) groups excluding carboxylic acids is 1. The van der Waals surface area contributed by atoms with Crippen molar-refractivity contribution in [3.63, 3.8) is 0 Å². The van der Waals surface area contributed by atoms with Crippen LogP contribution >= 0.6 is 0 Å². The Morgan fingerprint density at radius 2 is 1.85 bits per heavy atom. The molecule has 0 saturated heterocycles. The van der Waals surface area contributed by atoms with E-state index in [1.54, 1.807) is 44.6 Å². The second-order valence-corrected chi connectivity index (χ2v) is 5.07. The normalized spacial score (nSPS) is 10.4. The minimum Gasteiger partial charge on any atom is -0.493 e. The first kappa shape index (κ1) is 19.1. The number of carbonyl (C=O) groups is 1. The number of benzene rings is 2. The Morgan fingerprint density at radius 3 is 2.58 bits per heavy atom. The smallest absolute Gasteiger partial charge is 0.265 e. The molecule has 2 aromatic carbocycles. The fraction of sp³-hybridized carbons (Fsp3) is 0.263. The molecule has 0 fully saturated rings. The van der Waals surface area contributed by atoms with Crippen LogP contribution in [0.4, 0.5) is 5.69 Å². The Labute approximate surface area is 152 Å². The van der Waals surface area contributed by atoms with Gasteiger partial charge in [-0.2, -0.15) is 0 Å². The highest BCUT2D eigenvalue weighted by Crippen LogP contribution is 2.29. The van der Waals surface area contributed by atoms with Crippen LogP contribution in [0, 0.1) is 0 Å². The third kappa shape index (κ3) is 5.14. The quantitative estimate of drug-likeness (QED) is 0.550. The van der Waals surface area contributed by atoms with Crippen LogP contribution in [0.1, 0.15) is 12.5 Å². The second-order valence-electron chi connectivity index (χ2n) is 5.07. The van der Waals surface area contributed by atoms with E-state index in [0.717, 1.165) is 0 Å². The minimum atomic E-state index is -0.341. The van der Waals surface area contributed by atoms with E-state index < -0.39 is 0 Å². The molecular weight excluding hydrogens is 336 g/mol. The van der Waals surface area contributed by atoms with Gasteiger partial charge in [0, 0.05) is 5.56 Å². The van der Waals surface area contributed by atoms with Gasteiger partial charge in [0.05, 0.1) is 32.7 Å². The van der Waals surface area contributed by atoms with Gasteiger partial charge in [-0.05, 0) is 31.2 Å². The van der Waals surface area contributed by atoms with Gasteiger partial charge in [-0.3, -0.25) is 4.79 Å². The van der Waals surface area contributed by atoms with Crippen molar-refractivity contribution in [2.45, 2.75) is 6.92 Å². The number of ether oxygens (including phenoxy) is 3. The Kier molecular flexibility index (Phi) is 7.30. The van der Waals surface area contributed by atoms with Crippen molar-refractivity contribution in [1.82, 2.24) is 0 Å². The molecule has 26 heavy (non-hydrogen) atoms. The van der Waals surface area contributed by atoms with Crippen molar-refractivity contribution in [2.75, 3.05) is 32.8 Å². The van der Waals surface area contributed by atoms with Crippen LogP contribution in [0.2, 0.25) is 0 Å². The molecule has 0 aromatic heterocycles. The summed E-state index contributed by atoms with van der Waals surface area (Å²) >= 11 is 0. The molecule has 0 radical (unpaired) electrons. The number of hydrogen-bond acceptors (Lipinski definition) is 6. The molecule has 0 aliphatic heterocycles. The predicted molar refractivity (Wildman–Crippen MR) is 99.3 cm³/mol. The molecule has 1 N–H and O–H groups in total. The largest absolute Gasteiger partial charge is 0.493 e. The highest BCUT2D eigenvalue weighted by Gasteiger charge is 2.09. The van der Waals surface area contributed by atoms with Gasteiger partial charge in [-0.1, -0.05) is 23.4 Å². The number of hydrogen-bond donors (Lipinski definition) is 1. The van der Waals surface area contributed by atoms with E-state index in [4.69, 9.17) is 19.0 Å². The monoisotopic (exact) mass is 358 g/mol. The molecule has 0 atom stereocenters. The number of para-hydroxylation sites is 3. The third-order valence-electron chi connectivity index (χ3n) is 3.36. The maximum Gasteiger partial charge on any atom is 0.265 e. The van der Waals surface area contributed by atoms with E-state index in [0.29, 0.717) is 35.1 Å². The van der Waals surface area contributed by atoms with E-state index in [1.165, 1.54) is 6.21 Å². The first-order valence-corrected chi connectivity index (χ1v) is 8.07. The summed E-state index contributed by atoms with van der Waals surface area (Å²) in [5.41, 5.74) is 1.26. The van der Waals surface area contributed by atoms with Crippen LogP contribution in [0.15, 0.2) is 47.6 Å². The van der Waals surface area contributed by atoms with Crippen LogP contribution in [0.5, 0.6) is 17.2 Å². The molecule has 0 bridgehead atoms. The van der Waals surface area contributed by atoms with E-state index in [1.807, 2.05) is 19.1 Å². The van der Waals surface area contributed by atoms with Crippen molar-refractivity contribution >= 4 is 17.8 Å². The summed E-state index contributed by atoms with van der Waals surface area (Å²) in [7, 11) is 3.10. The molecule has 0 spiro atoms. The van der Waals surface area contributed by atoms with Crippen molar-refractivity contribution in [1.29, 1.82) is 0 Å². The second kappa shape index (κ2) is 9.93. The average Bonchev–Trinajstić information content (AvgIpc) is 2.66. The predicted octanol–water partition coefficient (Wildman–Crippen LogP) is 3.09. The summed E-state index contributed by atoms with van der Waals surface area (Å²) in [6, 6.07) is 12.6. The lowest BCUT2D eigenvalue weighted by Crippen LogP contribution is -2.17. The maximum atomic E-state index is 12.0. The number of rotatable bonds is 9. The van der Waals surface area contributed by atoms with Gasteiger partial charge in [0.15, 0.2) is 18.1 Å². The molecule has 2 rings (SSSR count). The van der Waals surface area contributed by atoms with E-state index in [9.17, 15) is 4.79 Å². The molecule has 0 heterocycles. The topological polar surface area (TPSA) is 78.4 Å². The molecule has 2 aromatic rings. The number of anilines is 1. The SMILES string of the molecule is CCOc1ccccc1NC(=O)CO/N=C\c1cccc(OC)c1OC. The Morgan fingerprint density at radius 1 is 1.08 bits per heavy atom. The zero-order valence-corrected chi connectivity index (χ0v) is 15.0. The molecule has 0 aliphatic carbocycles. The average molecular weight is 358 g/mol. The highest BCUT2D eigenvalue weighted by molar-refractivity contribution is 5.93. The molecular formula is C19H22N2O5. The maximum absolute atomic E-state index is 12.0. The van der Waals surface area contributed by atoms with E-state index in [2.05, 4.69) is 10.5 Å². The Hall–Kier alpha value is -3.22. The summed E-state index contributed by atoms with van der Waals surface area (Å²) < 4.78 is 16.0. The van der Waals surface area contributed by atoms with E-state index >= 15 is 0 Å². The van der Waals surface area contributed by atoms with Gasteiger partial charge < -0.3 is 24.4 Å². The first-order chi connectivity index (χ1) is 12.7. The summed E-state index contributed by atoms with van der Waals surface area (Å²) in [6.07, 6.45) is 1.46. The van der Waals surface area contributed by atoms with Crippen LogP contribution < -0.4 is 19.5 Å². The van der Waals surface area contributed by atoms with Crippen molar-refractivity contribution in [2.24, 2.45) is 5.16 Å². The number of methoxy groups -OCH3 is 2. The highest BCUT2D eigenvalue weighted by atomic mass is 16.6. The van der Waals surface area contributed by atoms with Crippen LogP contribution in [-0.2, 0) is 9.63 Å². The zero-order valence-electron chi connectivity index (χ0n) is 15.0. The fourth-order valence-electron chi connectivity index (χ4n) is 2.24. The first-order valence-electron chi connectivity index (χ1n) is 8.07. The lowest BCUT2D eigenvalue weighted by molar-refractivity contribution is -0.120. The van der Waals surface area contributed by atoms with Gasteiger partial charge in [0.2, 0.25) is 0 Å². The molecule has 0 aliphatic rings. The third-order valence-corrected chi connectivity index (χ3v) is 3.36. The van der Waals surface area contributed by atoms with Crippen LogP contribution in [0.25, 0.3) is 0 Å². The molecule has 138 valence electrons. The number of nitrogens with zero attached hydrogens (tertiary/aromatic N) is 1. The summed E-state index contributed by atoms with van der Waals surface area (Å²) in [5, 5.41) is 6.54. The van der Waals surface area contributed by atoms with Gasteiger partial charge in [0.25, 0.3) is 5.91 Å². The van der Waals surface area contributed by atoms with Crippen molar-refractivity contribution < 1.29 is 23.8 Å². The standard InChI is InChI=1S/C19H22N2O5/c1-4-25-16-10-6-5-9-15(16)21-18(22)13-26-20-12-14-8-7-11-17(23-2)19(14)24-3/h5-12H,4,13H2,1-3H3,(H,21,22)/b20-12-. The van der Waals surface area contributed by atoms with E-state index in [-0.39, 0.29) is 12.5 Å². The summed E-state index contributed by atoms with van der Waals surface area (Å²) in [6.45, 7) is 2.16. The Bertz CT molecular complexity index is 761. The van der Waals surface area contributed by atoms with Gasteiger partial charge in [0.1, 0.15) is 5.75 Å². The summed E-state index contributed by atoms with van der Waals surface area (Å²) in [5.74, 6) is 1.39. The lowest BCUT2D eigenvalue weighted by Gasteiger charge is -2.11. The van der Waals surface area contributed by atoms with Gasteiger partial charge >= 0.3 is 0 Å². The molecule has 7 nitrogen and oxygen atoms in total.